The molecule has 100 valence electrons. The first kappa shape index (κ1) is 13.6. The van der Waals surface area contributed by atoms with Crippen LogP contribution < -0.4 is 15.2 Å². The molecule has 5 heteroatoms. The van der Waals surface area contributed by atoms with E-state index in [4.69, 9.17) is 26.8 Å². The Labute approximate surface area is 117 Å². The van der Waals surface area contributed by atoms with E-state index in [0.29, 0.717) is 29.8 Å². The van der Waals surface area contributed by atoms with Crippen molar-refractivity contribution in [1.82, 2.24) is 4.98 Å². The van der Waals surface area contributed by atoms with Gasteiger partial charge in [-0.1, -0.05) is 11.6 Å². The SMILES string of the molecule is CCOc1ccc(Oc2ncc(CN)cc2Cl)cc1. The third kappa shape index (κ3) is 3.59. The molecule has 0 bridgehead atoms. The maximum Gasteiger partial charge on any atom is 0.238 e. The van der Waals surface area contributed by atoms with Crippen molar-refractivity contribution in [2.45, 2.75) is 13.5 Å². The Morgan fingerprint density at radius 3 is 2.47 bits per heavy atom. The highest BCUT2D eigenvalue weighted by Gasteiger charge is 2.06. The average Bonchev–Trinajstić information content (AvgIpc) is 2.43. The average molecular weight is 279 g/mol. The maximum atomic E-state index is 6.07. The molecular weight excluding hydrogens is 264 g/mol. The van der Waals surface area contributed by atoms with Crippen molar-refractivity contribution < 1.29 is 9.47 Å². The van der Waals surface area contributed by atoms with Crippen LogP contribution in [0.5, 0.6) is 17.4 Å². The predicted molar refractivity (Wildman–Crippen MR) is 74.8 cm³/mol. The molecule has 0 amide bonds. The minimum absolute atomic E-state index is 0.364. The lowest BCUT2D eigenvalue weighted by Crippen LogP contribution is -1.98. The van der Waals surface area contributed by atoms with Gasteiger partial charge in [-0.25, -0.2) is 4.98 Å². The van der Waals surface area contributed by atoms with Gasteiger partial charge in [0.25, 0.3) is 0 Å². The van der Waals surface area contributed by atoms with Crippen LogP contribution in [0, 0.1) is 0 Å². The smallest absolute Gasteiger partial charge is 0.238 e. The van der Waals surface area contributed by atoms with Crippen LogP contribution in [0.4, 0.5) is 0 Å². The Hall–Kier alpha value is -1.78. The van der Waals surface area contributed by atoms with Gasteiger partial charge in [-0.05, 0) is 42.8 Å². The highest BCUT2D eigenvalue weighted by molar-refractivity contribution is 6.31. The number of hydrogen-bond donors (Lipinski definition) is 1. The largest absolute Gasteiger partial charge is 0.494 e. The molecule has 0 unspecified atom stereocenters. The molecule has 1 aromatic heterocycles. The molecule has 2 aromatic rings. The topological polar surface area (TPSA) is 57.4 Å². The fourth-order valence-electron chi connectivity index (χ4n) is 1.53. The Morgan fingerprint density at radius 2 is 1.89 bits per heavy atom. The molecule has 0 aliphatic heterocycles. The molecule has 0 saturated heterocycles. The van der Waals surface area contributed by atoms with E-state index in [1.165, 1.54) is 0 Å². The normalized spacial score (nSPS) is 10.3. The summed E-state index contributed by atoms with van der Waals surface area (Å²) in [4.78, 5) is 4.14. The van der Waals surface area contributed by atoms with Crippen LogP contribution in [-0.2, 0) is 6.54 Å². The number of ether oxygens (including phenoxy) is 2. The van der Waals surface area contributed by atoms with Gasteiger partial charge in [-0.3, -0.25) is 0 Å². The monoisotopic (exact) mass is 278 g/mol. The quantitative estimate of drug-likeness (QED) is 0.911. The Kier molecular flexibility index (Phi) is 4.60. The summed E-state index contributed by atoms with van der Waals surface area (Å²) < 4.78 is 11.0. The highest BCUT2D eigenvalue weighted by Crippen LogP contribution is 2.28. The van der Waals surface area contributed by atoms with Crippen molar-refractivity contribution in [2.75, 3.05) is 6.61 Å². The summed E-state index contributed by atoms with van der Waals surface area (Å²) in [7, 11) is 0. The molecule has 0 fully saturated rings. The van der Waals surface area contributed by atoms with Crippen molar-refractivity contribution in [1.29, 1.82) is 0 Å². The summed E-state index contributed by atoms with van der Waals surface area (Å²) in [5.41, 5.74) is 6.38. The molecule has 1 aromatic carbocycles. The second-order valence-electron chi connectivity index (χ2n) is 3.84. The summed E-state index contributed by atoms with van der Waals surface area (Å²) in [6, 6.07) is 9.03. The minimum Gasteiger partial charge on any atom is -0.494 e. The zero-order valence-corrected chi connectivity index (χ0v) is 11.4. The second-order valence-corrected chi connectivity index (χ2v) is 4.25. The van der Waals surface area contributed by atoms with Crippen molar-refractivity contribution in [3.05, 3.63) is 47.1 Å². The zero-order chi connectivity index (χ0) is 13.7. The van der Waals surface area contributed by atoms with Gasteiger partial charge >= 0.3 is 0 Å². The molecule has 19 heavy (non-hydrogen) atoms. The fraction of sp³-hybridized carbons (Fsp3) is 0.214. The molecule has 2 rings (SSSR count). The summed E-state index contributed by atoms with van der Waals surface area (Å²) >= 11 is 6.07. The van der Waals surface area contributed by atoms with Gasteiger partial charge in [0.05, 0.1) is 6.61 Å². The fourth-order valence-corrected chi connectivity index (χ4v) is 1.76. The highest BCUT2D eigenvalue weighted by atomic mass is 35.5. The first-order valence-corrected chi connectivity index (χ1v) is 6.36. The van der Waals surface area contributed by atoms with Gasteiger partial charge in [0.2, 0.25) is 5.88 Å². The summed E-state index contributed by atoms with van der Waals surface area (Å²) in [6.45, 7) is 2.97. The van der Waals surface area contributed by atoms with Crippen molar-refractivity contribution >= 4 is 11.6 Å². The number of nitrogens with two attached hydrogens (primary N) is 1. The Balaban J connectivity index is 2.12. The molecule has 0 radical (unpaired) electrons. The van der Waals surface area contributed by atoms with Crippen LogP contribution in [-0.4, -0.2) is 11.6 Å². The van der Waals surface area contributed by atoms with Gasteiger partial charge in [0.1, 0.15) is 16.5 Å². The van der Waals surface area contributed by atoms with Crippen molar-refractivity contribution in [3.63, 3.8) is 0 Å². The molecule has 4 nitrogen and oxygen atoms in total. The number of pyridine rings is 1. The number of benzene rings is 1. The molecule has 0 saturated carbocycles. The molecule has 0 atom stereocenters. The third-order valence-corrected chi connectivity index (χ3v) is 2.72. The van der Waals surface area contributed by atoms with Crippen LogP contribution in [0.1, 0.15) is 12.5 Å². The van der Waals surface area contributed by atoms with Gasteiger partial charge in [0.15, 0.2) is 0 Å². The van der Waals surface area contributed by atoms with E-state index < -0.39 is 0 Å². The number of hydrogen-bond acceptors (Lipinski definition) is 4. The number of nitrogens with zero attached hydrogens (tertiary/aromatic N) is 1. The lowest BCUT2D eigenvalue weighted by atomic mass is 10.3. The third-order valence-electron chi connectivity index (χ3n) is 2.45. The first-order valence-electron chi connectivity index (χ1n) is 5.98. The van der Waals surface area contributed by atoms with E-state index in [1.807, 2.05) is 19.1 Å². The summed E-state index contributed by atoms with van der Waals surface area (Å²) in [5, 5.41) is 0.442. The van der Waals surface area contributed by atoms with Crippen LogP contribution in [0.25, 0.3) is 0 Å². The standard InChI is InChI=1S/C14H15ClN2O2/c1-2-18-11-3-5-12(6-4-11)19-14-13(15)7-10(8-16)9-17-14/h3-7,9H,2,8,16H2,1H3. The van der Waals surface area contributed by atoms with E-state index in [1.54, 1.807) is 24.4 Å². The summed E-state index contributed by atoms with van der Waals surface area (Å²) in [5.74, 6) is 1.81. The van der Waals surface area contributed by atoms with Gasteiger partial charge < -0.3 is 15.2 Å². The zero-order valence-electron chi connectivity index (χ0n) is 10.6. The van der Waals surface area contributed by atoms with Gasteiger partial charge in [0, 0.05) is 12.7 Å². The molecule has 0 aliphatic rings. The van der Waals surface area contributed by atoms with Crippen molar-refractivity contribution in [3.8, 4) is 17.4 Å². The molecule has 0 aliphatic carbocycles. The Bertz CT molecular complexity index is 544. The van der Waals surface area contributed by atoms with E-state index in [2.05, 4.69) is 4.98 Å². The number of halogens is 1. The lowest BCUT2D eigenvalue weighted by molar-refractivity contribution is 0.339. The van der Waals surface area contributed by atoms with Crippen LogP contribution in [0.15, 0.2) is 36.5 Å². The van der Waals surface area contributed by atoms with E-state index in [-0.39, 0.29) is 0 Å². The first-order chi connectivity index (χ1) is 9.22. The van der Waals surface area contributed by atoms with Crippen LogP contribution in [0.3, 0.4) is 0 Å². The van der Waals surface area contributed by atoms with Crippen LogP contribution in [0.2, 0.25) is 5.02 Å². The number of aromatic nitrogens is 1. The molecule has 0 spiro atoms. The maximum absolute atomic E-state index is 6.07. The predicted octanol–water partition coefficient (Wildman–Crippen LogP) is 3.38. The van der Waals surface area contributed by atoms with E-state index in [9.17, 15) is 0 Å². The minimum atomic E-state index is 0.364. The number of rotatable bonds is 5. The van der Waals surface area contributed by atoms with Gasteiger partial charge in [-0.15, -0.1) is 0 Å². The van der Waals surface area contributed by atoms with E-state index in [0.717, 1.165) is 11.3 Å². The lowest BCUT2D eigenvalue weighted by Gasteiger charge is -2.08. The molecule has 2 N–H and O–H groups in total. The summed E-state index contributed by atoms with van der Waals surface area (Å²) in [6.07, 6.45) is 1.65. The van der Waals surface area contributed by atoms with Gasteiger partial charge in [-0.2, -0.15) is 0 Å². The molecular formula is C14H15ClN2O2. The molecule has 1 heterocycles. The van der Waals surface area contributed by atoms with E-state index >= 15 is 0 Å². The van der Waals surface area contributed by atoms with Crippen molar-refractivity contribution in [2.24, 2.45) is 5.73 Å². The Morgan fingerprint density at radius 1 is 1.21 bits per heavy atom. The van der Waals surface area contributed by atoms with Crippen LogP contribution >= 0.6 is 11.6 Å². The second kappa shape index (κ2) is 6.41.